The van der Waals surface area contributed by atoms with Crippen LogP contribution < -0.4 is 10.1 Å². The highest BCUT2D eigenvalue weighted by Crippen LogP contribution is 2.30. The Hall–Kier alpha value is -2.00. The van der Waals surface area contributed by atoms with Crippen LogP contribution in [0.1, 0.15) is 69.2 Å². The van der Waals surface area contributed by atoms with E-state index in [-0.39, 0.29) is 12.0 Å². The number of nitrogens with zero attached hydrogens (tertiary/aromatic N) is 1. The van der Waals surface area contributed by atoms with Gasteiger partial charge < -0.3 is 20.1 Å². The summed E-state index contributed by atoms with van der Waals surface area (Å²) in [6.07, 6.45) is 4.26. The summed E-state index contributed by atoms with van der Waals surface area (Å²) in [5.41, 5.74) is 0.584. The number of carboxylic acids is 1. The van der Waals surface area contributed by atoms with Gasteiger partial charge in [0.25, 0.3) is 5.91 Å². The van der Waals surface area contributed by atoms with Crippen molar-refractivity contribution in [3.05, 3.63) is 28.8 Å². The normalized spacial score (nSPS) is 18.0. The number of halogens is 4. The van der Waals surface area contributed by atoms with Crippen LogP contribution in [0, 0.1) is 11.8 Å². The first-order valence-corrected chi connectivity index (χ1v) is 12.6. The quantitative estimate of drug-likeness (QED) is 0.476. The Morgan fingerprint density at radius 3 is 2.26 bits per heavy atom. The van der Waals surface area contributed by atoms with Gasteiger partial charge in [0.2, 0.25) is 0 Å². The number of benzene rings is 1. The summed E-state index contributed by atoms with van der Waals surface area (Å²) in [5.74, 6) is -0.834. The molecule has 2 fully saturated rings. The van der Waals surface area contributed by atoms with Gasteiger partial charge in [-0.3, -0.25) is 4.79 Å². The van der Waals surface area contributed by atoms with Crippen LogP contribution in [-0.4, -0.2) is 60.3 Å². The molecule has 1 saturated carbocycles. The molecule has 3 rings (SSSR count). The Labute approximate surface area is 210 Å². The van der Waals surface area contributed by atoms with E-state index >= 15 is 0 Å². The van der Waals surface area contributed by atoms with Crippen molar-refractivity contribution in [2.24, 2.45) is 11.8 Å². The average molecular weight is 521 g/mol. The lowest BCUT2D eigenvalue weighted by Gasteiger charge is -2.35. The minimum absolute atomic E-state index is 0.0850. The monoisotopic (exact) mass is 520 g/mol. The van der Waals surface area contributed by atoms with E-state index in [1.807, 2.05) is 6.07 Å². The number of likely N-dealkylation sites (tertiary alicyclic amines) is 1. The fourth-order valence-corrected chi connectivity index (χ4v) is 4.49. The zero-order chi connectivity index (χ0) is 26.0. The lowest BCUT2D eigenvalue weighted by Crippen LogP contribution is -2.41. The highest BCUT2D eigenvalue weighted by atomic mass is 35.5. The Morgan fingerprint density at radius 2 is 1.74 bits per heavy atom. The van der Waals surface area contributed by atoms with Crippen molar-refractivity contribution in [3.8, 4) is 5.75 Å². The number of ether oxygens (including phenoxy) is 1. The summed E-state index contributed by atoms with van der Waals surface area (Å²) in [7, 11) is 0. The van der Waals surface area contributed by atoms with Crippen molar-refractivity contribution in [3.63, 3.8) is 0 Å². The first-order valence-electron chi connectivity index (χ1n) is 12.2. The first-order chi connectivity index (χ1) is 16.5. The van der Waals surface area contributed by atoms with E-state index in [1.54, 1.807) is 12.1 Å². The zero-order valence-corrected chi connectivity index (χ0v) is 21.1. The maximum atomic E-state index is 12.2. The van der Waals surface area contributed by atoms with Gasteiger partial charge in [0, 0.05) is 31.7 Å². The van der Waals surface area contributed by atoms with Crippen molar-refractivity contribution in [2.75, 3.05) is 26.2 Å². The number of alkyl halides is 3. The number of carbonyl (C=O) groups is 2. The topological polar surface area (TPSA) is 78.9 Å². The van der Waals surface area contributed by atoms with Crippen LogP contribution in [0.3, 0.4) is 0 Å². The van der Waals surface area contributed by atoms with E-state index in [0.717, 1.165) is 31.8 Å². The number of rotatable bonds is 7. The van der Waals surface area contributed by atoms with Gasteiger partial charge in [0.1, 0.15) is 11.9 Å². The number of aliphatic carboxylic acids is 1. The Morgan fingerprint density at radius 1 is 1.14 bits per heavy atom. The summed E-state index contributed by atoms with van der Waals surface area (Å²) in [5, 5.41) is 10.6. The zero-order valence-electron chi connectivity index (χ0n) is 20.4. The van der Waals surface area contributed by atoms with Crippen LogP contribution in [0.4, 0.5) is 13.2 Å². The molecule has 2 N–H and O–H groups in total. The number of nitrogens with one attached hydrogen (secondary N) is 1. The van der Waals surface area contributed by atoms with E-state index in [1.165, 1.54) is 38.6 Å². The molecule has 1 aliphatic carbocycles. The van der Waals surface area contributed by atoms with Gasteiger partial charge in [0.15, 0.2) is 0 Å². The van der Waals surface area contributed by atoms with E-state index in [9.17, 15) is 18.0 Å². The molecule has 0 unspecified atom stereocenters. The Bertz CT molecular complexity index is 821. The molecule has 0 atom stereocenters. The first kappa shape index (κ1) is 29.2. The molecule has 2 aliphatic rings. The summed E-state index contributed by atoms with van der Waals surface area (Å²) in [6, 6.07) is 5.35. The minimum atomic E-state index is -5.08. The van der Waals surface area contributed by atoms with Gasteiger partial charge >= 0.3 is 12.1 Å². The van der Waals surface area contributed by atoms with Gasteiger partial charge in [-0.05, 0) is 55.7 Å². The second kappa shape index (κ2) is 13.9. The van der Waals surface area contributed by atoms with Gasteiger partial charge in [-0.25, -0.2) is 4.79 Å². The highest BCUT2D eigenvalue weighted by Gasteiger charge is 2.38. The van der Waals surface area contributed by atoms with E-state index in [0.29, 0.717) is 28.8 Å². The predicted octanol–water partition coefficient (Wildman–Crippen LogP) is 5.78. The number of amides is 1. The fraction of sp³-hybridized carbons (Fsp3) is 0.680. The third kappa shape index (κ3) is 10.7. The van der Waals surface area contributed by atoms with Crippen molar-refractivity contribution in [2.45, 2.75) is 71.1 Å². The summed E-state index contributed by atoms with van der Waals surface area (Å²) in [6.45, 7) is 8.28. The molecule has 1 saturated heterocycles. The van der Waals surface area contributed by atoms with Crippen molar-refractivity contribution in [1.82, 2.24) is 10.2 Å². The van der Waals surface area contributed by atoms with E-state index < -0.39 is 12.1 Å². The van der Waals surface area contributed by atoms with Crippen LogP contribution in [0.2, 0.25) is 5.02 Å². The molecule has 0 bridgehead atoms. The molecule has 1 amide bonds. The molecule has 0 aromatic heterocycles. The maximum Gasteiger partial charge on any atom is 0.490 e. The summed E-state index contributed by atoms with van der Waals surface area (Å²) in [4.78, 5) is 23.7. The minimum Gasteiger partial charge on any atom is -0.489 e. The Kier molecular flexibility index (Phi) is 11.6. The maximum absolute atomic E-state index is 12.2. The molecule has 198 valence electrons. The van der Waals surface area contributed by atoms with Gasteiger partial charge in [-0.1, -0.05) is 44.7 Å². The van der Waals surface area contributed by atoms with Gasteiger partial charge in [-0.2, -0.15) is 13.2 Å². The standard InChI is InChI=1S/C23H35ClN2O2.C2HF3O2/c1-17(2)15-25-23(27)19-8-9-22(21(24)14-19)28-20-10-12-26(13-11-20)16-18-6-4-3-5-7-18;3-2(4,5)1(6)7/h8-9,14,17-18,20H,3-7,10-13,15-16H2,1-2H3,(H,25,27);(H,6,7). The van der Waals surface area contributed by atoms with Crippen LogP contribution in [0.5, 0.6) is 5.75 Å². The molecule has 1 heterocycles. The van der Waals surface area contributed by atoms with Gasteiger partial charge in [-0.15, -0.1) is 0 Å². The third-order valence-corrected chi connectivity index (χ3v) is 6.47. The van der Waals surface area contributed by atoms with Crippen LogP contribution >= 0.6 is 11.6 Å². The molecule has 1 aliphatic heterocycles. The lowest BCUT2D eigenvalue weighted by atomic mass is 9.88. The number of carbonyl (C=O) groups excluding carboxylic acids is 1. The second-order valence-electron chi connectivity index (χ2n) is 9.67. The largest absolute Gasteiger partial charge is 0.490 e. The van der Waals surface area contributed by atoms with Crippen molar-refractivity contribution < 1.29 is 32.6 Å². The molecular weight excluding hydrogens is 485 g/mol. The molecule has 35 heavy (non-hydrogen) atoms. The SMILES string of the molecule is CC(C)CNC(=O)c1ccc(OC2CCN(CC3CCCCC3)CC2)c(Cl)c1.O=C(O)C(F)(F)F. The van der Waals surface area contributed by atoms with Crippen molar-refractivity contribution >= 4 is 23.5 Å². The number of piperidine rings is 1. The molecule has 10 heteroatoms. The highest BCUT2D eigenvalue weighted by molar-refractivity contribution is 6.32. The fourth-order valence-electron chi connectivity index (χ4n) is 4.26. The smallest absolute Gasteiger partial charge is 0.489 e. The van der Waals surface area contributed by atoms with Crippen molar-refractivity contribution in [1.29, 1.82) is 0 Å². The second-order valence-corrected chi connectivity index (χ2v) is 10.1. The molecule has 0 radical (unpaired) electrons. The lowest BCUT2D eigenvalue weighted by molar-refractivity contribution is -0.192. The van der Waals surface area contributed by atoms with E-state index in [4.69, 9.17) is 26.2 Å². The molecular formula is C25H36ClF3N2O4. The number of hydrogen-bond acceptors (Lipinski definition) is 4. The number of hydrogen-bond donors (Lipinski definition) is 2. The molecule has 6 nitrogen and oxygen atoms in total. The average Bonchev–Trinajstić information content (AvgIpc) is 2.80. The molecule has 1 aromatic carbocycles. The van der Waals surface area contributed by atoms with Crippen LogP contribution in [-0.2, 0) is 4.79 Å². The molecule has 0 spiro atoms. The Balaban J connectivity index is 0.000000540. The summed E-state index contributed by atoms with van der Waals surface area (Å²) >= 11 is 6.40. The number of carboxylic acid groups (broad SMARTS) is 1. The van der Waals surface area contributed by atoms with Gasteiger partial charge in [0.05, 0.1) is 5.02 Å². The van der Waals surface area contributed by atoms with Crippen LogP contribution in [0.25, 0.3) is 0 Å². The summed E-state index contributed by atoms with van der Waals surface area (Å²) < 4.78 is 37.9. The van der Waals surface area contributed by atoms with Crippen LogP contribution in [0.15, 0.2) is 18.2 Å². The van der Waals surface area contributed by atoms with E-state index in [2.05, 4.69) is 24.1 Å². The molecule has 1 aromatic rings. The predicted molar refractivity (Wildman–Crippen MR) is 129 cm³/mol. The third-order valence-electron chi connectivity index (χ3n) is 6.18.